The van der Waals surface area contributed by atoms with Crippen molar-refractivity contribution in [2.45, 2.75) is 12.5 Å². The van der Waals surface area contributed by atoms with Crippen LogP contribution >= 0.6 is 0 Å². The Labute approximate surface area is 130 Å². The van der Waals surface area contributed by atoms with Crippen LogP contribution in [-0.2, 0) is 4.79 Å². The molecule has 1 amide bonds. The lowest BCUT2D eigenvalue weighted by atomic mass is 10.3. The summed E-state index contributed by atoms with van der Waals surface area (Å²) in [5.41, 5.74) is 5.19. The van der Waals surface area contributed by atoms with E-state index in [1.54, 1.807) is 12.4 Å². The molecule has 8 nitrogen and oxygen atoms in total. The van der Waals surface area contributed by atoms with Gasteiger partial charge in [-0.2, -0.15) is 0 Å². The van der Waals surface area contributed by atoms with E-state index in [-0.39, 0.29) is 18.6 Å². The van der Waals surface area contributed by atoms with E-state index in [1.165, 1.54) is 0 Å². The van der Waals surface area contributed by atoms with Gasteiger partial charge >= 0.3 is 0 Å². The number of carbonyl (C=O) groups excluding carboxylic acids is 1. The van der Waals surface area contributed by atoms with Crippen LogP contribution in [0.4, 0.5) is 5.95 Å². The number of ether oxygens (including phenoxy) is 1. The number of nitrogens with one attached hydrogen (secondary N) is 1. The number of hydrogen-bond donors (Lipinski definition) is 2. The van der Waals surface area contributed by atoms with Crippen molar-refractivity contribution in [3.63, 3.8) is 0 Å². The second-order valence-electron chi connectivity index (χ2n) is 5.70. The topological polar surface area (TPSA) is 96.6 Å². The molecule has 3 N–H and O–H groups in total. The predicted octanol–water partition coefficient (Wildman–Crippen LogP) is -0.611. The minimum Gasteiger partial charge on any atom is -0.486 e. The van der Waals surface area contributed by atoms with Crippen LogP contribution in [0.5, 0.6) is 5.75 Å². The minimum atomic E-state index is -0.308. The van der Waals surface area contributed by atoms with Crippen molar-refractivity contribution in [1.82, 2.24) is 19.8 Å². The van der Waals surface area contributed by atoms with Gasteiger partial charge < -0.3 is 20.7 Å². The Morgan fingerprint density at radius 2 is 2.23 bits per heavy atom. The third-order valence-corrected chi connectivity index (χ3v) is 3.38. The molecular weight excluding hydrogens is 284 g/mol. The van der Waals surface area contributed by atoms with Crippen molar-refractivity contribution >= 4 is 11.9 Å². The van der Waals surface area contributed by atoms with E-state index in [2.05, 4.69) is 20.2 Å². The number of nitrogens with two attached hydrogens (primary N) is 1. The van der Waals surface area contributed by atoms with E-state index in [1.807, 2.05) is 19.0 Å². The van der Waals surface area contributed by atoms with Crippen LogP contribution in [0.1, 0.15) is 6.42 Å². The van der Waals surface area contributed by atoms with Crippen molar-refractivity contribution in [2.24, 2.45) is 5.73 Å². The number of carbonyl (C=O) groups is 1. The molecule has 0 saturated carbocycles. The summed E-state index contributed by atoms with van der Waals surface area (Å²) in [6.07, 6.45) is 4.26. The molecule has 0 spiro atoms. The number of rotatable bonds is 8. The van der Waals surface area contributed by atoms with Gasteiger partial charge in [-0.3, -0.25) is 9.69 Å². The van der Waals surface area contributed by atoms with Crippen molar-refractivity contribution in [2.75, 3.05) is 52.1 Å². The maximum absolute atomic E-state index is 10.9. The Balaban J connectivity index is 1.76. The third-order valence-electron chi connectivity index (χ3n) is 3.38. The molecule has 8 heteroatoms. The fourth-order valence-electron chi connectivity index (χ4n) is 2.31. The zero-order valence-electron chi connectivity index (χ0n) is 13.2. The van der Waals surface area contributed by atoms with Gasteiger partial charge in [0.25, 0.3) is 0 Å². The van der Waals surface area contributed by atoms with Crippen LogP contribution in [0.15, 0.2) is 12.4 Å². The number of hydrogen-bond acceptors (Lipinski definition) is 7. The Hall–Kier alpha value is -1.93. The summed E-state index contributed by atoms with van der Waals surface area (Å²) in [6.45, 7) is 3.51. The molecular formula is C14H24N6O2. The average Bonchev–Trinajstić information content (AvgIpc) is 2.87. The SMILES string of the molecule is CN(C)CCNc1ncc(OC2CCN(CC(N)=O)C2)cn1. The molecule has 1 unspecified atom stereocenters. The quantitative estimate of drug-likeness (QED) is 0.661. The first-order chi connectivity index (χ1) is 10.5. The molecule has 1 saturated heterocycles. The number of anilines is 1. The summed E-state index contributed by atoms with van der Waals surface area (Å²) >= 11 is 0. The van der Waals surface area contributed by atoms with Gasteiger partial charge in [-0.15, -0.1) is 0 Å². The van der Waals surface area contributed by atoms with Gasteiger partial charge in [-0.1, -0.05) is 0 Å². The van der Waals surface area contributed by atoms with Crippen LogP contribution < -0.4 is 15.8 Å². The fraction of sp³-hybridized carbons (Fsp3) is 0.643. The molecule has 2 heterocycles. The minimum absolute atomic E-state index is 0.0514. The zero-order valence-corrected chi connectivity index (χ0v) is 13.2. The Kier molecular flexibility index (Phi) is 5.91. The lowest BCUT2D eigenvalue weighted by molar-refractivity contribution is -0.118. The summed E-state index contributed by atoms with van der Waals surface area (Å²) < 4.78 is 5.83. The first kappa shape index (κ1) is 16.4. The van der Waals surface area contributed by atoms with Gasteiger partial charge in [0.2, 0.25) is 11.9 Å². The van der Waals surface area contributed by atoms with Gasteiger partial charge in [-0.25, -0.2) is 9.97 Å². The van der Waals surface area contributed by atoms with Gasteiger partial charge in [0.15, 0.2) is 5.75 Å². The number of amides is 1. The van der Waals surface area contributed by atoms with Crippen LogP contribution in [-0.4, -0.2) is 78.6 Å². The van der Waals surface area contributed by atoms with E-state index in [0.29, 0.717) is 18.2 Å². The van der Waals surface area contributed by atoms with Crippen LogP contribution in [0.2, 0.25) is 0 Å². The molecule has 1 aromatic heterocycles. The molecule has 1 aromatic rings. The van der Waals surface area contributed by atoms with Crippen molar-refractivity contribution < 1.29 is 9.53 Å². The maximum atomic E-state index is 10.9. The van der Waals surface area contributed by atoms with E-state index in [9.17, 15) is 4.79 Å². The van der Waals surface area contributed by atoms with E-state index in [0.717, 1.165) is 26.1 Å². The summed E-state index contributed by atoms with van der Waals surface area (Å²) in [5.74, 6) is 0.928. The Bertz CT molecular complexity index is 479. The fourth-order valence-corrected chi connectivity index (χ4v) is 2.31. The zero-order chi connectivity index (χ0) is 15.9. The van der Waals surface area contributed by atoms with Crippen molar-refractivity contribution in [3.8, 4) is 5.75 Å². The first-order valence-electron chi connectivity index (χ1n) is 7.41. The second kappa shape index (κ2) is 7.90. The molecule has 0 bridgehead atoms. The molecule has 1 aliphatic rings. The highest BCUT2D eigenvalue weighted by Gasteiger charge is 2.24. The highest BCUT2D eigenvalue weighted by Crippen LogP contribution is 2.17. The molecule has 1 aliphatic heterocycles. The second-order valence-corrected chi connectivity index (χ2v) is 5.70. The lowest BCUT2D eigenvalue weighted by Gasteiger charge is -2.15. The normalized spacial score (nSPS) is 18.6. The molecule has 22 heavy (non-hydrogen) atoms. The van der Waals surface area contributed by atoms with Gasteiger partial charge in [-0.05, 0) is 20.5 Å². The molecule has 122 valence electrons. The van der Waals surface area contributed by atoms with Crippen molar-refractivity contribution in [3.05, 3.63) is 12.4 Å². The third kappa shape index (κ3) is 5.45. The smallest absolute Gasteiger partial charge is 0.231 e. The van der Waals surface area contributed by atoms with Crippen LogP contribution in [0, 0.1) is 0 Å². The maximum Gasteiger partial charge on any atom is 0.231 e. The molecule has 0 aromatic carbocycles. The number of aromatic nitrogens is 2. The van der Waals surface area contributed by atoms with E-state index in [4.69, 9.17) is 10.5 Å². The van der Waals surface area contributed by atoms with Crippen LogP contribution in [0.3, 0.4) is 0 Å². The standard InChI is InChI=1S/C14H24N6O2/c1-19(2)6-4-16-14-17-7-12(8-18-14)22-11-3-5-20(9-11)10-13(15)21/h7-8,11H,3-6,9-10H2,1-2H3,(H2,15,21)(H,16,17,18). The number of likely N-dealkylation sites (N-methyl/N-ethyl adjacent to an activating group) is 1. The van der Waals surface area contributed by atoms with Gasteiger partial charge in [0.05, 0.1) is 18.9 Å². The van der Waals surface area contributed by atoms with E-state index < -0.39 is 0 Å². The number of nitrogens with zero attached hydrogens (tertiary/aromatic N) is 4. The highest BCUT2D eigenvalue weighted by molar-refractivity contribution is 5.75. The Morgan fingerprint density at radius 3 is 2.86 bits per heavy atom. The molecule has 1 fully saturated rings. The van der Waals surface area contributed by atoms with E-state index >= 15 is 0 Å². The average molecular weight is 308 g/mol. The molecule has 1 atom stereocenters. The van der Waals surface area contributed by atoms with Gasteiger partial charge in [0, 0.05) is 26.2 Å². The number of primary amides is 1. The Morgan fingerprint density at radius 1 is 1.50 bits per heavy atom. The monoisotopic (exact) mass is 308 g/mol. The van der Waals surface area contributed by atoms with Crippen LogP contribution in [0.25, 0.3) is 0 Å². The van der Waals surface area contributed by atoms with Crippen molar-refractivity contribution in [1.29, 1.82) is 0 Å². The molecule has 0 aliphatic carbocycles. The molecule has 2 rings (SSSR count). The summed E-state index contributed by atoms with van der Waals surface area (Å²) in [5, 5.41) is 3.15. The molecule has 0 radical (unpaired) electrons. The van der Waals surface area contributed by atoms with Gasteiger partial charge in [0.1, 0.15) is 6.10 Å². The highest BCUT2D eigenvalue weighted by atomic mass is 16.5. The number of likely N-dealkylation sites (tertiary alicyclic amines) is 1. The lowest BCUT2D eigenvalue weighted by Crippen LogP contribution is -2.33. The summed E-state index contributed by atoms with van der Waals surface area (Å²) in [7, 11) is 4.03. The first-order valence-corrected chi connectivity index (χ1v) is 7.41. The largest absolute Gasteiger partial charge is 0.486 e. The summed E-state index contributed by atoms with van der Waals surface area (Å²) in [4.78, 5) is 23.4. The summed E-state index contributed by atoms with van der Waals surface area (Å²) in [6, 6.07) is 0. The predicted molar refractivity (Wildman–Crippen MR) is 83.7 cm³/mol.